The van der Waals surface area contributed by atoms with Crippen molar-refractivity contribution >= 4 is 5.97 Å². The van der Waals surface area contributed by atoms with E-state index < -0.39 is 5.97 Å². The molecular formula is C15H16O3. The maximum atomic E-state index is 11.4. The Hall–Kier alpha value is -1.77. The highest BCUT2D eigenvalue weighted by Crippen LogP contribution is 2.53. The minimum absolute atomic E-state index is 0.114. The molecule has 1 N–H and O–H groups in total. The lowest BCUT2D eigenvalue weighted by atomic mass is 9.78. The summed E-state index contributed by atoms with van der Waals surface area (Å²) in [5.74, 6) is 0.567. The number of fused-ring (bicyclic) bond motifs is 2. The van der Waals surface area contributed by atoms with Crippen LogP contribution in [0.4, 0.5) is 0 Å². The molecule has 1 saturated carbocycles. The number of carboxylic acid groups (broad SMARTS) is 1. The molecule has 0 saturated heterocycles. The molecule has 1 aromatic carbocycles. The van der Waals surface area contributed by atoms with Gasteiger partial charge in [-0.05, 0) is 36.0 Å². The smallest absolute Gasteiger partial charge is 0.307 e. The molecule has 3 nitrogen and oxygen atoms in total. The van der Waals surface area contributed by atoms with Gasteiger partial charge in [-0.15, -0.1) is 0 Å². The Morgan fingerprint density at radius 1 is 1.22 bits per heavy atom. The Morgan fingerprint density at radius 2 is 1.89 bits per heavy atom. The first-order chi connectivity index (χ1) is 8.70. The van der Waals surface area contributed by atoms with Crippen LogP contribution >= 0.6 is 0 Å². The molecule has 4 atom stereocenters. The molecule has 0 aliphatic heterocycles. The highest BCUT2D eigenvalue weighted by Gasteiger charge is 2.48. The maximum Gasteiger partial charge on any atom is 0.307 e. The van der Waals surface area contributed by atoms with Crippen LogP contribution in [0.1, 0.15) is 17.9 Å². The van der Waals surface area contributed by atoms with Crippen molar-refractivity contribution in [3.8, 4) is 5.75 Å². The fourth-order valence-electron chi connectivity index (χ4n) is 3.44. The highest BCUT2D eigenvalue weighted by atomic mass is 16.5. The normalized spacial score (nSPS) is 32.7. The zero-order chi connectivity index (χ0) is 12.7. The number of benzene rings is 1. The van der Waals surface area contributed by atoms with Crippen molar-refractivity contribution in [3.63, 3.8) is 0 Å². The lowest BCUT2D eigenvalue weighted by Gasteiger charge is -2.25. The first kappa shape index (κ1) is 11.3. The molecule has 0 heterocycles. The van der Waals surface area contributed by atoms with Gasteiger partial charge in [-0.3, -0.25) is 4.79 Å². The van der Waals surface area contributed by atoms with Crippen LogP contribution in [-0.2, 0) is 4.79 Å². The standard InChI is InChI=1S/C15H16O3/c1-18-12-6-4-9(5-7-12)13-10-2-3-11(8-10)14(13)15(16)17/h2-7,10-11,13-14H,8H2,1H3,(H,16,17)/t10-,11+,13-,14+/m1/s1. The second-order valence-corrected chi connectivity index (χ2v) is 5.11. The summed E-state index contributed by atoms with van der Waals surface area (Å²) in [6, 6.07) is 7.80. The molecule has 3 heteroatoms. The number of carbonyl (C=O) groups is 1. The van der Waals surface area contributed by atoms with E-state index in [1.807, 2.05) is 24.3 Å². The van der Waals surface area contributed by atoms with Crippen molar-refractivity contribution in [1.82, 2.24) is 0 Å². The van der Waals surface area contributed by atoms with Gasteiger partial charge in [0.05, 0.1) is 13.0 Å². The summed E-state index contributed by atoms with van der Waals surface area (Å²) in [5, 5.41) is 9.41. The third-order valence-corrected chi connectivity index (χ3v) is 4.25. The van der Waals surface area contributed by atoms with Crippen LogP contribution in [0.15, 0.2) is 36.4 Å². The van der Waals surface area contributed by atoms with Gasteiger partial charge in [-0.25, -0.2) is 0 Å². The molecule has 2 aliphatic rings. The van der Waals surface area contributed by atoms with Crippen LogP contribution in [0.25, 0.3) is 0 Å². The van der Waals surface area contributed by atoms with E-state index in [9.17, 15) is 9.90 Å². The molecule has 0 radical (unpaired) electrons. The number of carboxylic acids is 1. The average Bonchev–Trinajstić information content (AvgIpc) is 2.99. The van der Waals surface area contributed by atoms with Gasteiger partial charge in [0.15, 0.2) is 0 Å². The summed E-state index contributed by atoms with van der Waals surface area (Å²) in [6.07, 6.45) is 5.23. The second-order valence-electron chi connectivity index (χ2n) is 5.11. The van der Waals surface area contributed by atoms with E-state index in [4.69, 9.17) is 4.74 Å². The van der Waals surface area contributed by atoms with Gasteiger partial charge in [-0.1, -0.05) is 24.3 Å². The van der Waals surface area contributed by atoms with E-state index in [-0.39, 0.29) is 17.8 Å². The molecule has 0 amide bonds. The van der Waals surface area contributed by atoms with Crippen LogP contribution in [0.5, 0.6) is 5.75 Å². The third-order valence-electron chi connectivity index (χ3n) is 4.25. The van der Waals surface area contributed by atoms with Gasteiger partial charge < -0.3 is 9.84 Å². The fourth-order valence-corrected chi connectivity index (χ4v) is 3.44. The summed E-state index contributed by atoms with van der Waals surface area (Å²) in [6.45, 7) is 0. The molecule has 1 aromatic rings. The zero-order valence-electron chi connectivity index (χ0n) is 10.2. The first-order valence-electron chi connectivity index (χ1n) is 6.26. The zero-order valence-corrected chi connectivity index (χ0v) is 10.2. The van der Waals surface area contributed by atoms with Crippen LogP contribution in [-0.4, -0.2) is 18.2 Å². The van der Waals surface area contributed by atoms with Crippen LogP contribution in [0, 0.1) is 17.8 Å². The number of hydrogen-bond donors (Lipinski definition) is 1. The number of hydrogen-bond acceptors (Lipinski definition) is 2. The molecule has 0 aromatic heterocycles. The Kier molecular flexibility index (Phi) is 2.62. The fraction of sp³-hybridized carbons (Fsp3) is 0.400. The molecule has 18 heavy (non-hydrogen) atoms. The Labute approximate surface area is 106 Å². The van der Waals surface area contributed by atoms with E-state index in [0.717, 1.165) is 17.7 Å². The molecule has 2 aliphatic carbocycles. The predicted molar refractivity (Wildman–Crippen MR) is 67.6 cm³/mol. The highest BCUT2D eigenvalue weighted by molar-refractivity contribution is 5.73. The molecule has 94 valence electrons. The molecule has 3 rings (SSSR count). The van der Waals surface area contributed by atoms with Gasteiger partial charge in [0.1, 0.15) is 5.75 Å². The van der Waals surface area contributed by atoms with Crippen LogP contribution in [0.2, 0.25) is 0 Å². The Bertz CT molecular complexity index is 489. The lowest BCUT2D eigenvalue weighted by Crippen LogP contribution is -2.25. The lowest BCUT2D eigenvalue weighted by molar-refractivity contribution is -0.143. The molecule has 1 fully saturated rings. The topological polar surface area (TPSA) is 46.5 Å². The molecule has 0 unspecified atom stereocenters. The van der Waals surface area contributed by atoms with Crippen molar-refractivity contribution < 1.29 is 14.6 Å². The predicted octanol–water partition coefficient (Wildman–Crippen LogP) is 2.69. The number of ether oxygens (including phenoxy) is 1. The number of allylic oxidation sites excluding steroid dienone is 2. The van der Waals surface area contributed by atoms with Gasteiger partial charge in [-0.2, -0.15) is 0 Å². The van der Waals surface area contributed by atoms with E-state index >= 15 is 0 Å². The summed E-state index contributed by atoms with van der Waals surface area (Å²) in [7, 11) is 1.63. The third kappa shape index (κ3) is 1.62. The van der Waals surface area contributed by atoms with Gasteiger partial charge in [0.25, 0.3) is 0 Å². The molecular weight excluding hydrogens is 228 g/mol. The Morgan fingerprint density at radius 3 is 2.50 bits per heavy atom. The SMILES string of the molecule is COc1ccc([C@H]2[C@@H](C(=O)O)[C@H]3C=C[C@@H]2C3)cc1. The number of rotatable bonds is 3. The molecule has 0 spiro atoms. The Balaban J connectivity index is 1.94. The summed E-state index contributed by atoms with van der Waals surface area (Å²) >= 11 is 0. The first-order valence-corrected chi connectivity index (χ1v) is 6.26. The van der Waals surface area contributed by atoms with E-state index in [1.54, 1.807) is 7.11 Å². The quantitative estimate of drug-likeness (QED) is 0.831. The average molecular weight is 244 g/mol. The summed E-state index contributed by atoms with van der Waals surface area (Å²) < 4.78 is 5.14. The van der Waals surface area contributed by atoms with Gasteiger partial charge >= 0.3 is 5.97 Å². The van der Waals surface area contributed by atoms with Crippen molar-refractivity contribution in [1.29, 1.82) is 0 Å². The second kappa shape index (κ2) is 4.16. The monoisotopic (exact) mass is 244 g/mol. The van der Waals surface area contributed by atoms with Crippen molar-refractivity contribution in [2.45, 2.75) is 12.3 Å². The van der Waals surface area contributed by atoms with E-state index in [1.165, 1.54) is 0 Å². The van der Waals surface area contributed by atoms with Crippen molar-refractivity contribution in [2.24, 2.45) is 17.8 Å². The van der Waals surface area contributed by atoms with Crippen molar-refractivity contribution in [2.75, 3.05) is 7.11 Å². The van der Waals surface area contributed by atoms with Gasteiger partial charge in [0, 0.05) is 5.92 Å². The van der Waals surface area contributed by atoms with E-state index in [2.05, 4.69) is 12.2 Å². The largest absolute Gasteiger partial charge is 0.497 e. The molecule has 2 bridgehead atoms. The van der Waals surface area contributed by atoms with E-state index in [0.29, 0.717) is 5.92 Å². The number of aliphatic carboxylic acids is 1. The number of methoxy groups -OCH3 is 1. The minimum Gasteiger partial charge on any atom is -0.497 e. The van der Waals surface area contributed by atoms with Gasteiger partial charge in [0.2, 0.25) is 0 Å². The van der Waals surface area contributed by atoms with Crippen LogP contribution < -0.4 is 4.74 Å². The van der Waals surface area contributed by atoms with Crippen LogP contribution in [0.3, 0.4) is 0 Å². The maximum absolute atomic E-state index is 11.4. The summed E-state index contributed by atoms with van der Waals surface area (Å²) in [4.78, 5) is 11.4. The van der Waals surface area contributed by atoms with Crippen molar-refractivity contribution in [3.05, 3.63) is 42.0 Å². The summed E-state index contributed by atoms with van der Waals surface area (Å²) in [5.41, 5.74) is 1.11. The minimum atomic E-state index is -0.673.